The molecule has 1 rings (SSSR count). The van der Waals surface area contributed by atoms with E-state index in [0.717, 1.165) is 12.2 Å². The van der Waals surface area contributed by atoms with Crippen molar-refractivity contribution in [2.75, 3.05) is 0 Å². The highest BCUT2D eigenvalue weighted by Gasteiger charge is 2.22. The van der Waals surface area contributed by atoms with E-state index in [-0.39, 0.29) is 5.92 Å². The minimum Gasteiger partial charge on any atom is -0.303 e. The molecule has 1 saturated carbocycles. The molecule has 0 N–H and O–H groups in total. The van der Waals surface area contributed by atoms with Gasteiger partial charge < -0.3 is 4.79 Å². The lowest BCUT2D eigenvalue weighted by Crippen LogP contribution is -2.20. The van der Waals surface area contributed by atoms with Gasteiger partial charge in [-0.3, -0.25) is 0 Å². The van der Waals surface area contributed by atoms with Crippen molar-refractivity contribution in [3.8, 4) is 0 Å². The molecule has 0 aromatic carbocycles. The molecule has 1 aliphatic carbocycles. The van der Waals surface area contributed by atoms with Crippen LogP contribution in [0.5, 0.6) is 0 Å². The van der Waals surface area contributed by atoms with Gasteiger partial charge in [0.05, 0.1) is 0 Å². The average Bonchev–Trinajstić information content (AvgIpc) is 2.03. The van der Waals surface area contributed by atoms with Gasteiger partial charge in [0.25, 0.3) is 0 Å². The van der Waals surface area contributed by atoms with Gasteiger partial charge in [0.2, 0.25) is 0 Å². The number of rotatable bonds is 2. The normalized spacial score (nSPS) is 34.7. The van der Waals surface area contributed by atoms with Crippen LogP contribution in [0.25, 0.3) is 0 Å². The molecule has 1 heteroatoms. The second-order valence-corrected chi connectivity index (χ2v) is 4.03. The molecule has 64 valence electrons. The molecule has 0 spiro atoms. The van der Waals surface area contributed by atoms with E-state index in [0.29, 0.717) is 5.92 Å². The lowest BCUT2D eigenvalue weighted by Gasteiger charge is -2.28. The Labute approximate surface area is 69.2 Å². The van der Waals surface area contributed by atoms with Crippen molar-refractivity contribution in [2.45, 2.75) is 39.5 Å². The maximum Gasteiger partial charge on any atom is 0.123 e. The molecule has 0 radical (unpaired) electrons. The topological polar surface area (TPSA) is 17.1 Å². The predicted octanol–water partition coefficient (Wildman–Crippen LogP) is 2.65. The number of aldehydes is 1. The van der Waals surface area contributed by atoms with Crippen LogP contribution in [-0.2, 0) is 4.79 Å². The van der Waals surface area contributed by atoms with Crippen molar-refractivity contribution in [1.82, 2.24) is 0 Å². The van der Waals surface area contributed by atoms with Crippen LogP contribution in [0.1, 0.15) is 39.5 Å². The molecule has 0 saturated heterocycles. The zero-order chi connectivity index (χ0) is 8.27. The van der Waals surface area contributed by atoms with Gasteiger partial charge in [-0.05, 0) is 24.7 Å². The molecule has 3 atom stereocenters. The molecule has 1 nitrogen and oxygen atoms in total. The molecular weight excluding hydrogens is 136 g/mol. The first-order valence-corrected chi connectivity index (χ1v) is 4.69. The van der Waals surface area contributed by atoms with Crippen LogP contribution >= 0.6 is 0 Å². The van der Waals surface area contributed by atoms with Crippen LogP contribution in [-0.4, -0.2) is 6.29 Å². The standard InChI is InChI=1S/C10H18O/c1-8-4-3-5-10(6-8)9(2)7-11/h7-10H,3-6H2,1-2H3/t8-,9?,10?/m1/s1. The summed E-state index contributed by atoms with van der Waals surface area (Å²) in [5, 5.41) is 0. The van der Waals surface area contributed by atoms with E-state index in [1.54, 1.807) is 0 Å². The summed E-state index contributed by atoms with van der Waals surface area (Å²) in [7, 11) is 0. The van der Waals surface area contributed by atoms with Gasteiger partial charge in [-0.25, -0.2) is 0 Å². The van der Waals surface area contributed by atoms with E-state index in [4.69, 9.17) is 0 Å². The van der Waals surface area contributed by atoms with E-state index in [1.807, 2.05) is 0 Å². The van der Waals surface area contributed by atoms with Gasteiger partial charge >= 0.3 is 0 Å². The van der Waals surface area contributed by atoms with Gasteiger partial charge in [0.15, 0.2) is 0 Å². The van der Waals surface area contributed by atoms with Gasteiger partial charge in [-0.2, -0.15) is 0 Å². The minimum atomic E-state index is 0.290. The molecule has 0 aromatic rings. The number of carbonyl (C=O) groups excluding carboxylic acids is 1. The van der Waals surface area contributed by atoms with E-state index in [9.17, 15) is 4.79 Å². The van der Waals surface area contributed by atoms with Crippen LogP contribution in [0.2, 0.25) is 0 Å². The summed E-state index contributed by atoms with van der Waals surface area (Å²) in [4.78, 5) is 10.5. The third-order valence-corrected chi connectivity index (χ3v) is 2.94. The summed E-state index contributed by atoms with van der Waals surface area (Å²) in [6.45, 7) is 4.35. The number of hydrogen-bond acceptors (Lipinski definition) is 1. The van der Waals surface area contributed by atoms with Crippen molar-refractivity contribution in [3.63, 3.8) is 0 Å². The van der Waals surface area contributed by atoms with Crippen molar-refractivity contribution in [1.29, 1.82) is 0 Å². The first-order chi connectivity index (χ1) is 5.24. The molecule has 0 amide bonds. The molecule has 0 aromatic heterocycles. The Morgan fingerprint density at radius 1 is 1.45 bits per heavy atom. The fraction of sp³-hybridized carbons (Fsp3) is 0.900. The lowest BCUT2D eigenvalue weighted by molar-refractivity contribution is -0.112. The third kappa shape index (κ3) is 2.32. The Balaban J connectivity index is 2.38. The number of hydrogen-bond donors (Lipinski definition) is 0. The van der Waals surface area contributed by atoms with Crippen molar-refractivity contribution < 1.29 is 4.79 Å². The fourth-order valence-corrected chi connectivity index (χ4v) is 2.07. The van der Waals surface area contributed by atoms with Gasteiger partial charge in [-0.15, -0.1) is 0 Å². The quantitative estimate of drug-likeness (QED) is 0.559. The smallest absolute Gasteiger partial charge is 0.123 e. The Hall–Kier alpha value is -0.330. The molecule has 1 aliphatic rings. The molecular formula is C10H18O. The molecule has 1 fully saturated rings. The minimum absolute atomic E-state index is 0.290. The SMILES string of the molecule is CC(C=O)C1CCC[C@@H](C)C1. The van der Waals surface area contributed by atoms with Crippen LogP contribution in [0.3, 0.4) is 0 Å². The third-order valence-electron chi connectivity index (χ3n) is 2.94. The first kappa shape index (κ1) is 8.76. The summed E-state index contributed by atoms with van der Waals surface area (Å²) in [6, 6.07) is 0. The summed E-state index contributed by atoms with van der Waals surface area (Å²) < 4.78 is 0. The molecule has 0 heterocycles. The Kier molecular flexibility index (Phi) is 3.10. The average molecular weight is 154 g/mol. The summed E-state index contributed by atoms with van der Waals surface area (Å²) >= 11 is 0. The zero-order valence-corrected chi connectivity index (χ0v) is 7.55. The Morgan fingerprint density at radius 2 is 2.18 bits per heavy atom. The summed E-state index contributed by atoms with van der Waals surface area (Å²) in [5.41, 5.74) is 0. The molecule has 11 heavy (non-hydrogen) atoms. The van der Waals surface area contributed by atoms with E-state index in [2.05, 4.69) is 13.8 Å². The fourth-order valence-electron chi connectivity index (χ4n) is 2.07. The summed E-state index contributed by atoms with van der Waals surface area (Å²) in [6.07, 6.45) is 6.33. The van der Waals surface area contributed by atoms with Crippen LogP contribution < -0.4 is 0 Å². The van der Waals surface area contributed by atoms with Crippen molar-refractivity contribution >= 4 is 6.29 Å². The van der Waals surface area contributed by atoms with E-state index < -0.39 is 0 Å². The largest absolute Gasteiger partial charge is 0.303 e. The van der Waals surface area contributed by atoms with E-state index >= 15 is 0 Å². The second kappa shape index (κ2) is 3.89. The summed E-state index contributed by atoms with van der Waals surface area (Å²) in [5.74, 6) is 1.81. The molecule has 0 aliphatic heterocycles. The Morgan fingerprint density at radius 3 is 2.73 bits per heavy atom. The van der Waals surface area contributed by atoms with E-state index in [1.165, 1.54) is 25.7 Å². The lowest BCUT2D eigenvalue weighted by atomic mass is 9.77. The van der Waals surface area contributed by atoms with Crippen molar-refractivity contribution in [3.05, 3.63) is 0 Å². The molecule has 2 unspecified atom stereocenters. The van der Waals surface area contributed by atoms with Gasteiger partial charge in [-0.1, -0.05) is 26.7 Å². The van der Waals surface area contributed by atoms with Crippen molar-refractivity contribution in [2.24, 2.45) is 17.8 Å². The first-order valence-electron chi connectivity index (χ1n) is 4.69. The second-order valence-electron chi connectivity index (χ2n) is 4.03. The molecule has 0 bridgehead atoms. The van der Waals surface area contributed by atoms with Gasteiger partial charge in [0, 0.05) is 5.92 Å². The van der Waals surface area contributed by atoms with Crippen LogP contribution in [0.15, 0.2) is 0 Å². The zero-order valence-electron chi connectivity index (χ0n) is 7.55. The van der Waals surface area contributed by atoms with Crippen LogP contribution in [0.4, 0.5) is 0 Å². The highest BCUT2D eigenvalue weighted by molar-refractivity contribution is 5.53. The Bertz CT molecular complexity index is 131. The highest BCUT2D eigenvalue weighted by Crippen LogP contribution is 2.32. The number of carbonyl (C=O) groups is 1. The van der Waals surface area contributed by atoms with Gasteiger partial charge in [0.1, 0.15) is 6.29 Å². The predicted molar refractivity (Wildman–Crippen MR) is 46.4 cm³/mol. The maximum atomic E-state index is 10.5. The maximum absolute atomic E-state index is 10.5. The highest BCUT2D eigenvalue weighted by atomic mass is 16.1. The monoisotopic (exact) mass is 154 g/mol. The van der Waals surface area contributed by atoms with Crippen LogP contribution in [0, 0.1) is 17.8 Å².